The van der Waals surface area contributed by atoms with Crippen molar-refractivity contribution in [2.45, 2.75) is 19.3 Å². The first-order valence-electron chi connectivity index (χ1n) is 9.26. The minimum Gasteiger partial charge on any atom is -0.371 e. The number of rotatable bonds is 3. The van der Waals surface area contributed by atoms with Gasteiger partial charge in [0, 0.05) is 47.9 Å². The number of anilines is 2. The lowest BCUT2D eigenvalue weighted by atomic mass is 10.0. The van der Waals surface area contributed by atoms with Crippen molar-refractivity contribution in [3.05, 3.63) is 58.6 Å². The summed E-state index contributed by atoms with van der Waals surface area (Å²) in [6, 6.07) is 16.7. The van der Waals surface area contributed by atoms with Crippen LogP contribution in [0.3, 0.4) is 0 Å². The summed E-state index contributed by atoms with van der Waals surface area (Å²) in [5.41, 5.74) is 3.57. The zero-order valence-corrected chi connectivity index (χ0v) is 16.6. The molecule has 2 heterocycles. The molecule has 1 N–H and O–H groups in total. The number of carbonyl (C=O) groups excluding carboxylic acids is 1. The number of para-hydroxylation sites is 1. The van der Waals surface area contributed by atoms with Gasteiger partial charge in [0.25, 0.3) is 0 Å². The van der Waals surface area contributed by atoms with Gasteiger partial charge in [-0.15, -0.1) is 0 Å². The number of nitrogens with zero attached hydrogens (tertiary/aromatic N) is 2. The Hall–Kier alpha value is -2.01. The highest BCUT2D eigenvalue weighted by Crippen LogP contribution is 2.35. The second-order valence-electron chi connectivity index (χ2n) is 7.34. The van der Waals surface area contributed by atoms with E-state index in [4.69, 9.17) is 0 Å². The first-order valence-corrected chi connectivity index (χ1v) is 10.1. The van der Waals surface area contributed by atoms with Gasteiger partial charge in [-0.2, -0.15) is 0 Å². The Morgan fingerprint density at radius 2 is 2.04 bits per heavy atom. The molecule has 1 saturated heterocycles. The lowest BCUT2D eigenvalue weighted by Crippen LogP contribution is -2.41. The molecule has 2 aromatic carbocycles. The highest BCUT2D eigenvalue weighted by molar-refractivity contribution is 9.10. The zero-order valence-electron chi connectivity index (χ0n) is 15.0. The molecule has 0 aliphatic carbocycles. The quantitative estimate of drug-likeness (QED) is 0.797. The number of halogens is 1. The van der Waals surface area contributed by atoms with Gasteiger partial charge in [-0.3, -0.25) is 4.90 Å². The molecule has 2 aliphatic heterocycles. The van der Waals surface area contributed by atoms with E-state index in [0.29, 0.717) is 11.8 Å². The molecule has 0 aromatic heterocycles. The second kappa shape index (κ2) is 7.31. The number of fused-ring (bicyclic) bond motifs is 1. The van der Waals surface area contributed by atoms with Crippen LogP contribution in [0.4, 0.5) is 16.2 Å². The van der Waals surface area contributed by atoms with Crippen LogP contribution in [0.2, 0.25) is 0 Å². The van der Waals surface area contributed by atoms with Crippen molar-refractivity contribution in [2.75, 3.05) is 36.0 Å². The van der Waals surface area contributed by atoms with E-state index >= 15 is 0 Å². The van der Waals surface area contributed by atoms with E-state index in [2.05, 4.69) is 57.3 Å². The van der Waals surface area contributed by atoms with Gasteiger partial charge >= 0.3 is 6.03 Å². The summed E-state index contributed by atoms with van der Waals surface area (Å²) in [5.74, 6) is 0.892. The average molecular weight is 414 g/mol. The Kier molecular flexibility index (Phi) is 4.90. The maximum atomic E-state index is 12.7. The molecule has 26 heavy (non-hydrogen) atoms. The number of nitrogens with one attached hydrogen (secondary N) is 1. The lowest BCUT2D eigenvalue weighted by Gasteiger charge is -2.21. The Labute approximate surface area is 163 Å². The molecule has 2 atom stereocenters. The number of hydrogen-bond donors (Lipinski definition) is 1. The molecular formula is C21H24BrN3O. The number of amides is 2. The third-order valence-corrected chi connectivity index (χ3v) is 5.95. The minimum absolute atomic E-state index is 0.0303. The summed E-state index contributed by atoms with van der Waals surface area (Å²) in [5, 5.41) is 3.16. The van der Waals surface area contributed by atoms with Crippen molar-refractivity contribution < 1.29 is 4.79 Å². The van der Waals surface area contributed by atoms with Crippen LogP contribution in [0.5, 0.6) is 0 Å². The van der Waals surface area contributed by atoms with Gasteiger partial charge in [0.1, 0.15) is 0 Å². The van der Waals surface area contributed by atoms with Crippen molar-refractivity contribution in [3.8, 4) is 0 Å². The molecule has 4 nitrogen and oxygen atoms in total. The van der Waals surface area contributed by atoms with Crippen LogP contribution in [-0.4, -0.2) is 32.2 Å². The van der Waals surface area contributed by atoms with Crippen LogP contribution in [-0.2, 0) is 0 Å². The van der Waals surface area contributed by atoms with E-state index in [1.807, 2.05) is 29.2 Å². The van der Waals surface area contributed by atoms with Gasteiger partial charge in [0.2, 0.25) is 0 Å². The van der Waals surface area contributed by atoms with Crippen molar-refractivity contribution in [1.82, 2.24) is 5.32 Å². The summed E-state index contributed by atoms with van der Waals surface area (Å²) < 4.78 is 1.11. The van der Waals surface area contributed by atoms with Crippen LogP contribution in [0.25, 0.3) is 0 Å². The first kappa shape index (κ1) is 17.4. The molecule has 2 aromatic rings. The third kappa shape index (κ3) is 3.45. The van der Waals surface area contributed by atoms with Gasteiger partial charge in [0.15, 0.2) is 0 Å². The molecule has 0 radical (unpaired) electrons. The Balaban J connectivity index is 1.33. The van der Waals surface area contributed by atoms with Crippen molar-refractivity contribution in [1.29, 1.82) is 0 Å². The number of carbonyl (C=O) groups is 1. The van der Waals surface area contributed by atoms with Gasteiger partial charge in [-0.25, -0.2) is 4.79 Å². The Bertz CT molecular complexity index is 809. The predicted molar refractivity (Wildman–Crippen MR) is 110 cm³/mol. The van der Waals surface area contributed by atoms with Gasteiger partial charge in [0.05, 0.1) is 0 Å². The molecular weight excluding hydrogens is 390 g/mol. The van der Waals surface area contributed by atoms with Crippen LogP contribution < -0.4 is 15.1 Å². The summed E-state index contributed by atoms with van der Waals surface area (Å²) >= 11 is 3.54. The molecule has 0 bridgehead atoms. The molecule has 0 saturated carbocycles. The Morgan fingerprint density at radius 1 is 1.19 bits per heavy atom. The summed E-state index contributed by atoms with van der Waals surface area (Å²) in [4.78, 5) is 17.0. The lowest BCUT2D eigenvalue weighted by molar-refractivity contribution is 0.245. The summed E-state index contributed by atoms with van der Waals surface area (Å²) in [6.07, 6.45) is 1.11. The molecule has 136 valence electrons. The monoisotopic (exact) mass is 413 g/mol. The fourth-order valence-corrected chi connectivity index (χ4v) is 4.43. The number of hydrogen-bond acceptors (Lipinski definition) is 2. The van der Waals surface area contributed by atoms with Gasteiger partial charge in [-0.05, 0) is 42.2 Å². The third-order valence-electron chi connectivity index (χ3n) is 5.46. The van der Waals surface area contributed by atoms with Crippen LogP contribution >= 0.6 is 15.9 Å². The van der Waals surface area contributed by atoms with E-state index in [1.165, 1.54) is 11.3 Å². The van der Waals surface area contributed by atoms with Gasteiger partial charge in [-0.1, -0.05) is 47.1 Å². The topological polar surface area (TPSA) is 35.6 Å². The van der Waals surface area contributed by atoms with E-state index < -0.39 is 0 Å². The zero-order chi connectivity index (χ0) is 18.1. The molecule has 2 aliphatic rings. The molecule has 4 rings (SSSR count). The fraction of sp³-hybridized carbons (Fsp3) is 0.381. The van der Waals surface area contributed by atoms with Crippen LogP contribution in [0.15, 0.2) is 53.0 Å². The molecule has 5 heteroatoms. The van der Waals surface area contributed by atoms with E-state index in [9.17, 15) is 4.79 Å². The van der Waals surface area contributed by atoms with Crippen molar-refractivity contribution in [3.63, 3.8) is 0 Å². The Morgan fingerprint density at radius 3 is 2.88 bits per heavy atom. The van der Waals surface area contributed by atoms with Gasteiger partial charge < -0.3 is 10.2 Å². The second-order valence-corrected chi connectivity index (χ2v) is 8.25. The standard InChI is InChI=1S/C21H24BrN3O/c1-15-13-25(20-8-3-2-7-19(15)20)21(26)23-12-16-9-10-24(14-16)18-6-4-5-17(22)11-18/h2-8,11,15-16H,9-10,12-14H2,1H3,(H,23,26)/t15-,16+/m0/s1. The number of urea groups is 1. The average Bonchev–Trinajstić information content (AvgIpc) is 3.25. The smallest absolute Gasteiger partial charge is 0.321 e. The summed E-state index contributed by atoms with van der Waals surface area (Å²) in [6.45, 7) is 5.71. The first-order chi connectivity index (χ1) is 12.6. The molecule has 0 unspecified atom stereocenters. The van der Waals surface area contributed by atoms with Crippen LogP contribution in [0.1, 0.15) is 24.8 Å². The van der Waals surface area contributed by atoms with E-state index in [0.717, 1.165) is 42.8 Å². The van der Waals surface area contributed by atoms with E-state index in [1.54, 1.807) is 0 Å². The van der Waals surface area contributed by atoms with Crippen molar-refractivity contribution in [2.24, 2.45) is 5.92 Å². The SMILES string of the molecule is C[C@H]1CN(C(=O)NC[C@H]2CCN(c3cccc(Br)c3)C2)c2ccccc21. The molecule has 1 fully saturated rings. The number of benzene rings is 2. The molecule has 0 spiro atoms. The van der Waals surface area contributed by atoms with E-state index in [-0.39, 0.29) is 6.03 Å². The largest absolute Gasteiger partial charge is 0.371 e. The molecule has 2 amide bonds. The highest BCUT2D eigenvalue weighted by atomic mass is 79.9. The highest BCUT2D eigenvalue weighted by Gasteiger charge is 2.30. The minimum atomic E-state index is 0.0303. The fourth-order valence-electron chi connectivity index (χ4n) is 4.05. The maximum Gasteiger partial charge on any atom is 0.321 e. The predicted octanol–water partition coefficient (Wildman–Crippen LogP) is 4.61. The van der Waals surface area contributed by atoms with Crippen molar-refractivity contribution >= 4 is 33.3 Å². The summed E-state index contributed by atoms with van der Waals surface area (Å²) in [7, 11) is 0. The normalized spacial score (nSPS) is 21.8. The maximum absolute atomic E-state index is 12.7. The van der Waals surface area contributed by atoms with Crippen LogP contribution in [0, 0.1) is 5.92 Å².